The molecule has 0 N–H and O–H groups in total. The quantitative estimate of drug-likeness (QED) is 0.0261. The van der Waals surface area contributed by atoms with Gasteiger partial charge in [-0.15, -0.1) is 0 Å². The van der Waals surface area contributed by atoms with Crippen LogP contribution in [-0.4, -0.2) is 37.2 Å². The van der Waals surface area contributed by atoms with Gasteiger partial charge in [0.05, 0.1) is 0 Å². The fourth-order valence-electron chi connectivity index (χ4n) is 8.91. The van der Waals surface area contributed by atoms with E-state index in [0.29, 0.717) is 19.3 Å². The minimum absolute atomic E-state index is 0.0852. The molecule has 0 aliphatic carbocycles. The van der Waals surface area contributed by atoms with Crippen molar-refractivity contribution in [3.8, 4) is 0 Å². The maximum absolute atomic E-state index is 12.8. The third-order valence-electron chi connectivity index (χ3n) is 13.6. The molecule has 0 rings (SSSR count). The molecular formula is C68H118O6. The van der Waals surface area contributed by atoms with E-state index in [9.17, 15) is 14.4 Å². The molecule has 1 unspecified atom stereocenters. The van der Waals surface area contributed by atoms with Gasteiger partial charge in [0, 0.05) is 19.3 Å². The Morgan fingerprint density at radius 3 is 0.838 bits per heavy atom. The van der Waals surface area contributed by atoms with Crippen molar-refractivity contribution in [3.63, 3.8) is 0 Å². The van der Waals surface area contributed by atoms with Crippen LogP contribution in [0.3, 0.4) is 0 Å². The fourth-order valence-corrected chi connectivity index (χ4v) is 8.91. The first-order valence-corrected chi connectivity index (χ1v) is 31.6. The van der Waals surface area contributed by atoms with Crippen LogP contribution in [-0.2, 0) is 28.6 Å². The summed E-state index contributed by atoms with van der Waals surface area (Å²) in [5, 5.41) is 0. The van der Waals surface area contributed by atoms with Gasteiger partial charge in [-0.25, -0.2) is 0 Å². The number of allylic oxidation sites excluding steroid dienone is 14. The van der Waals surface area contributed by atoms with Gasteiger partial charge in [0.2, 0.25) is 0 Å². The van der Waals surface area contributed by atoms with E-state index in [0.717, 1.165) is 109 Å². The summed E-state index contributed by atoms with van der Waals surface area (Å²) < 4.78 is 16.8. The minimum Gasteiger partial charge on any atom is -0.462 e. The first-order valence-electron chi connectivity index (χ1n) is 31.6. The molecule has 0 spiro atoms. The number of hydrogen-bond donors (Lipinski definition) is 0. The molecule has 426 valence electrons. The summed E-state index contributed by atoms with van der Waals surface area (Å²) in [7, 11) is 0. The molecule has 0 aromatic rings. The molecule has 0 aromatic heterocycles. The molecular weight excluding hydrogens is 913 g/mol. The zero-order valence-corrected chi connectivity index (χ0v) is 48.8. The molecule has 6 heteroatoms. The number of ether oxygens (including phenoxy) is 3. The average molecular weight is 1030 g/mol. The van der Waals surface area contributed by atoms with Gasteiger partial charge < -0.3 is 14.2 Å². The van der Waals surface area contributed by atoms with Gasteiger partial charge in [-0.3, -0.25) is 14.4 Å². The molecule has 0 amide bonds. The van der Waals surface area contributed by atoms with Crippen LogP contribution in [0.2, 0.25) is 0 Å². The highest BCUT2D eigenvalue weighted by atomic mass is 16.6. The van der Waals surface area contributed by atoms with Gasteiger partial charge in [0.1, 0.15) is 13.2 Å². The maximum Gasteiger partial charge on any atom is 0.306 e. The second kappa shape index (κ2) is 62.1. The Hall–Kier alpha value is -3.41. The number of unbranched alkanes of at least 4 members (excludes halogenated alkanes) is 32. The van der Waals surface area contributed by atoms with Crippen molar-refractivity contribution in [1.82, 2.24) is 0 Å². The Morgan fingerprint density at radius 2 is 0.527 bits per heavy atom. The van der Waals surface area contributed by atoms with Crippen molar-refractivity contribution in [2.75, 3.05) is 13.2 Å². The molecule has 0 fully saturated rings. The standard InChI is InChI=1S/C68H118O6/c1-4-7-10-13-16-18-20-22-24-26-28-30-32-33-34-35-37-38-40-42-44-46-48-50-52-55-58-61-67(70)73-64-65(63-72-66(69)60-57-54-15-12-9-6-3)74-68(71)62-59-56-53-51-49-47-45-43-41-39-36-31-29-27-25-23-21-19-17-14-11-8-5-2/h8,11,17,19,23,25-26,28-29,31,39,41,45,47,65H,4-7,9-10,12-16,18,20-22,24,27,30,32-38,40,42-44,46,48-64H2,1-3H3/b11-8-,19-17-,25-23-,28-26-,31-29-,41-39-,47-45-. The molecule has 0 radical (unpaired) electrons. The van der Waals surface area contributed by atoms with Gasteiger partial charge in [-0.05, 0) is 96.3 Å². The van der Waals surface area contributed by atoms with Gasteiger partial charge in [0.15, 0.2) is 6.10 Å². The predicted molar refractivity (Wildman–Crippen MR) is 321 cm³/mol. The smallest absolute Gasteiger partial charge is 0.306 e. The monoisotopic (exact) mass is 1030 g/mol. The first-order chi connectivity index (χ1) is 36.5. The predicted octanol–water partition coefficient (Wildman–Crippen LogP) is 21.5. The molecule has 0 saturated carbocycles. The molecule has 1 atom stereocenters. The lowest BCUT2D eigenvalue weighted by atomic mass is 10.0. The van der Waals surface area contributed by atoms with Gasteiger partial charge in [-0.2, -0.15) is 0 Å². The normalized spacial score (nSPS) is 12.6. The van der Waals surface area contributed by atoms with E-state index in [2.05, 4.69) is 106 Å². The summed E-state index contributed by atoms with van der Waals surface area (Å²) in [5.74, 6) is -0.911. The number of carbonyl (C=O) groups excluding carboxylic acids is 3. The zero-order chi connectivity index (χ0) is 53.6. The van der Waals surface area contributed by atoms with E-state index in [4.69, 9.17) is 14.2 Å². The van der Waals surface area contributed by atoms with Gasteiger partial charge in [0.25, 0.3) is 0 Å². The maximum atomic E-state index is 12.8. The second-order valence-electron chi connectivity index (χ2n) is 20.9. The van der Waals surface area contributed by atoms with Crippen LogP contribution in [0, 0.1) is 0 Å². The Kier molecular flexibility index (Phi) is 59.3. The summed E-state index contributed by atoms with van der Waals surface area (Å²) in [5.41, 5.74) is 0. The number of esters is 3. The lowest BCUT2D eigenvalue weighted by Crippen LogP contribution is -2.30. The fraction of sp³-hybridized carbons (Fsp3) is 0.750. The van der Waals surface area contributed by atoms with Crippen molar-refractivity contribution in [2.24, 2.45) is 0 Å². The molecule has 74 heavy (non-hydrogen) atoms. The number of rotatable bonds is 57. The second-order valence-corrected chi connectivity index (χ2v) is 20.9. The third kappa shape index (κ3) is 59.5. The van der Waals surface area contributed by atoms with Crippen LogP contribution >= 0.6 is 0 Å². The summed E-state index contributed by atoms with van der Waals surface area (Å²) >= 11 is 0. The van der Waals surface area contributed by atoms with Crippen LogP contribution in [0.5, 0.6) is 0 Å². The van der Waals surface area contributed by atoms with Gasteiger partial charge in [-0.1, -0.05) is 279 Å². The van der Waals surface area contributed by atoms with Crippen molar-refractivity contribution in [2.45, 2.75) is 316 Å². The molecule has 0 saturated heterocycles. The third-order valence-corrected chi connectivity index (χ3v) is 13.6. The Balaban J connectivity index is 4.12. The highest BCUT2D eigenvalue weighted by molar-refractivity contribution is 5.71. The first kappa shape index (κ1) is 70.6. The van der Waals surface area contributed by atoms with E-state index in [1.165, 1.54) is 161 Å². The molecule has 0 heterocycles. The van der Waals surface area contributed by atoms with E-state index in [1.807, 2.05) is 0 Å². The largest absolute Gasteiger partial charge is 0.462 e. The summed E-state index contributed by atoms with van der Waals surface area (Å²) in [6.07, 6.45) is 82.0. The highest BCUT2D eigenvalue weighted by Crippen LogP contribution is 2.16. The molecule has 0 bridgehead atoms. The van der Waals surface area contributed by atoms with E-state index < -0.39 is 6.10 Å². The van der Waals surface area contributed by atoms with Crippen LogP contribution in [0.25, 0.3) is 0 Å². The number of hydrogen-bond acceptors (Lipinski definition) is 6. The van der Waals surface area contributed by atoms with Crippen molar-refractivity contribution in [3.05, 3.63) is 85.1 Å². The molecule has 6 nitrogen and oxygen atoms in total. The van der Waals surface area contributed by atoms with E-state index in [-0.39, 0.29) is 31.1 Å². The lowest BCUT2D eigenvalue weighted by molar-refractivity contribution is -0.167. The zero-order valence-electron chi connectivity index (χ0n) is 48.8. The Bertz CT molecular complexity index is 1420. The summed E-state index contributed by atoms with van der Waals surface area (Å²) in [4.78, 5) is 38.0. The molecule has 0 aromatic carbocycles. The SMILES string of the molecule is CC/C=C\C/C=C\C/C=C\C/C=C\C/C=C\C/C=C\CCCCCCC(=O)OC(COC(=O)CCCCCCCC)COC(=O)CCCCCCCCCCCCCCCCC/C=C\CCCCCCCCCC. The van der Waals surface area contributed by atoms with Crippen LogP contribution in [0.1, 0.15) is 310 Å². The van der Waals surface area contributed by atoms with Crippen molar-refractivity contribution in [1.29, 1.82) is 0 Å². The molecule has 0 aliphatic heterocycles. The highest BCUT2D eigenvalue weighted by Gasteiger charge is 2.19. The van der Waals surface area contributed by atoms with Crippen LogP contribution < -0.4 is 0 Å². The Labute approximate surface area is 458 Å². The number of carbonyl (C=O) groups is 3. The van der Waals surface area contributed by atoms with Crippen LogP contribution in [0.4, 0.5) is 0 Å². The summed E-state index contributed by atoms with van der Waals surface area (Å²) in [6, 6.07) is 0. The molecule has 0 aliphatic rings. The van der Waals surface area contributed by atoms with Gasteiger partial charge >= 0.3 is 17.9 Å². The topological polar surface area (TPSA) is 78.9 Å². The summed E-state index contributed by atoms with van der Waals surface area (Å²) in [6.45, 7) is 6.47. The van der Waals surface area contributed by atoms with Crippen LogP contribution in [0.15, 0.2) is 85.1 Å². The Morgan fingerprint density at radius 1 is 0.284 bits per heavy atom. The average Bonchev–Trinajstić information content (AvgIpc) is 3.40. The van der Waals surface area contributed by atoms with Crippen molar-refractivity contribution < 1.29 is 28.6 Å². The lowest BCUT2D eigenvalue weighted by Gasteiger charge is -2.18. The van der Waals surface area contributed by atoms with E-state index >= 15 is 0 Å². The minimum atomic E-state index is -0.787. The van der Waals surface area contributed by atoms with Crippen molar-refractivity contribution >= 4 is 17.9 Å². The van der Waals surface area contributed by atoms with E-state index in [1.54, 1.807) is 0 Å².